The number of hydrogen-bond donors (Lipinski definition) is 3. The SMILES string of the molecule is COCC(CCO)NC1CCCCC1O. The smallest absolute Gasteiger partial charge is 0.0693 e. The third-order valence-electron chi connectivity index (χ3n) is 3.02. The van der Waals surface area contributed by atoms with Gasteiger partial charge in [0.25, 0.3) is 0 Å². The first kappa shape index (κ1) is 12.9. The molecule has 3 atom stereocenters. The minimum Gasteiger partial charge on any atom is -0.396 e. The van der Waals surface area contributed by atoms with E-state index in [0.717, 1.165) is 19.3 Å². The second-order valence-corrected chi connectivity index (χ2v) is 4.29. The summed E-state index contributed by atoms with van der Waals surface area (Å²) in [5.41, 5.74) is 0. The number of nitrogens with one attached hydrogen (secondary N) is 1. The first-order chi connectivity index (χ1) is 7.27. The van der Waals surface area contributed by atoms with E-state index in [1.165, 1.54) is 6.42 Å². The van der Waals surface area contributed by atoms with Crippen molar-refractivity contribution < 1.29 is 14.9 Å². The zero-order chi connectivity index (χ0) is 11.1. The molecule has 0 aromatic rings. The van der Waals surface area contributed by atoms with Crippen molar-refractivity contribution in [2.24, 2.45) is 0 Å². The Morgan fingerprint density at radius 2 is 2.13 bits per heavy atom. The van der Waals surface area contributed by atoms with Gasteiger partial charge in [-0.05, 0) is 19.3 Å². The molecule has 3 unspecified atom stereocenters. The van der Waals surface area contributed by atoms with E-state index in [0.29, 0.717) is 13.0 Å². The molecule has 0 aromatic carbocycles. The van der Waals surface area contributed by atoms with Crippen LogP contribution in [-0.4, -0.2) is 48.7 Å². The van der Waals surface area contributed by atoms with Crippen molar-refractivity contribution in [3.8, 4) is 0 Å². The van der Waals surface area contributed by atoms with Crippen LogP contribution in [0, 0.1) is 0 Å². The van der Waals surface area contributed by atoms with Gasteiger partial charge in [0.05, 0.1) is 12.7 Å². The average molecular weight is 217 g/mol. The van der Waals surface area contributed by atoms with Gasteiger partial charge in [-0.1, -0.05) is 12.8 Å². The average Bonchev–Trinajstić information content (AvgIpc) is 2.22. The lowest BCUT2D eigenvalue weighted by Gasteiger charge is -2.32. The maximum Gasteiger partial charge on any atom is 0.0693 e. The van der Waals surface area contributed by atoms with Gasteiger partial charge in [-0.3, -0.25) is 0 Å². The van der Waals surface area contributed by atoms with Gasteiger partial charge in [-0.15, -0.1) is 0 Å². The summed E-state index contributed by atoms with van der Waals surface area (Å²) in [4.78, 5) is 0. The Labute approximate surface area is 91.6 Å². The summed E-state index contributed by atoms with van der Waals surface area (Å²) in [6.45, 7) is 0.744. The Morgan fingerprint density at radius 3 is 2.73 bits per heavy atom. The van der Waals surface area contributed by atoms with Crippen LogP contribution in [0.3, 0.4) is 0 Å². The molecule has 90 valence electrons. The predicted molar refractivity (Wildman–Crippen MR) is 58.8 cm³/mol. The number of rotatable bonds is 6. The molecule has 4 nitrogen and oxygen atoms in total. The highest BCUT2D eigenvalue weighted by Gasteiger charge is 2.24. The van der Waals surface area contributed by atoms with Gasteiger partial charge in [0, 0.05) is 25.8 Å². The molecule has 1 rings (SSSR count). The van der Waals surface area contributed by atoms with E-state index < -0.39 is 0 Å². The molecule has 0 saturated heterocycles. The lowest BCUT2D eigenvalue weighted by Crippen LogP contribution is -2.48. The quantitative estimate of drug-likeness (QED) is 0.598. The fraction of sp³-hybridized carbons (Fsp3) is 1.00. The minimum absolute atomic E-state index is 0.151. The number of methoxy groups -OCH3 is 1. The second kappa shape index (κ2) is 7.17. The van der Waals surface area contributed by atoms with Crippen molar-refractivity contribution in [1.82, 2.24) is 5.32 Å². The third-order valence-corrected chi connectivity index (χ3v) is 3.02. The standard InChI is InChI=1S/C11H23NO3/c1-15-8-9(6-7-13)12-10-4-2-3-5-11(10)14/h9-14H,2-8H2,1H3. The van der Waals surface area contributed by atoms with Crippen molar-refractivity contribution in [3.05, 3.63) is 0 Å². The molecule has 0 aromatic heterocycles. The Kier molecular flexibility index (Phi) is 6.17. The lowest BCUT2D eigenvalue weighted by molar-refractivity contribution is 0.0684. The van der Waals surface area contributed by atoms with Crippen molar-refractivity contribution in [2.75, 3.05) is 20.3 Å². The van der Waals surface area contributed by atoms with Crippen molar-refractivity contribution in [3.63, 3.8) is 0 Å². The first-order valence-corrected chi connectivity index (χ1v) is 5.82. The molecule has 1 saturated carbocycles. The summed E-state index contributed by atoms with van der Waals surface area (Å²) in [6.07, 6.45) is 4.64. The normalized spacial score (nSPS) is 29.0. The molecule has 0 heterocycles. The van der Waals surface area contributed by atoms with E-state index in [4.69, 9.17) is 9.84 Å². The summed E-state index contributed by atoms with van der Waals surface area (Å²) in [6, 6.07) is 0.322. The first-order valence-electron chi connectivity index (χ1n) is 5.82. The van der Waals surface area contributed by atoms with Gasteiger partial charge in [0.15, 0.2) is 0 Å². The van der Waals surface area contributed by atoms with Gasteiger partial charge in [-0.25, -0.2) is 0 Å². The molecule has 0 amide bonds. The predicted octanol–water partition coefficient (Wildman–Crippen LogP) is 0.277. The molecule has 15 heavy (non-hydrogen) atoms. The van der Waals surface area contributed by atoms with Crippen LogP contribution in [0.4, 0.5) is 0 Å². The largest absolute Gasteiger partial charge is 0.396 e. The van der Waals surface area contributed by atoms with Crippen LogP contribution in [0.1, 0.15) is 32.1 Å². The van der Waals surface area contributed by atoms with Crippen LogP contribution >= 0.6 is 0 Å². The van der Waals surface area contributed by atoms with Crippen LogP contribution in [0.5, 0.6) is 0 Å². The highest BCUT2D eigenvalue weighted by atomic mass is 16.5. The molecule has 1 aliphatic carbocycles. The van der Waals surface area contributed by atoms with Crippen LogP contribution < -0.4 is 5.32 Å². The lowest BCUT2D eigenvalue weighted by atomic mass is 9.92. The molecule has 0 spiro atoms. The summed E-state index contributed by atoms with van der Waals surface area (Å²) in [5, 5.41) is 22.1. The van der Waals surface area contributed by atoms with Crippen molar-refractivity contribution in [2.45, 2.75) is 50.3 Å². The number of aliphatic hydroxyl groups excluding tert-OH is 2. The molecular formula is C11H23NO3. The monoisotopic (exact) mass is 217 g/mol. The van der Waals surface area contributed by atoms with E-state index in [1.54, 1.807) is 7.11 Å². The zero-order valence-electron chi connectivity index (χ0n) is 9.48. The van der Waals surface area contributed by atoms with E-state index in [2.05, 4.69) is 5.32 Å². The van der Waals surface area contributed by atoms with Crippen LogP contribution in [0.25, 0.3) is 0 Å². The molecule has 4 heteroatoms. The number of ether oxygens (including phenoxy) is 1. The zero-order valence-corrected chi connectivity index (χ0v) is 9.48. The maximum absolute atomic E-state index is 9.79. The van der Waals surface area contributed by atoms with Crippen LogP contribution in [0.2, 0.25) is 0 Å². The molecule has 0 radical (unpaired) electrons. The maximum atomic E-state index is 9.79. The molecule has 0 aliphatic heterocycles. The molecule has 1 aliphatic rings. The van der Waals surface area contributed by atoms with Gasteiger partial charge in [0.2, 0.25) is 0 Å². The Hall–Kier alpha value is -0.160. The highest BCUT2D eigenvalue weighted by molar-refractivity contribution is 4.83. The minimum atomic E-state index is -0.239. The van der Waals surface area contributed by atoms with Crippen molar-refractivity contribution in [1.29, 1.82) is 0 Å². The van der Waals surface area contributed by atoms with E-state index >= 15 is 0 Å². The van der Waals surface area contributed by atoms with Crippen LogP contribution in [-0.2, 0) is 4.74 Å². The number of aliphatic hydroxyl groups is 2. The number of hydrogen-bond acceptors (Lipinski definition) is 4. The molecular weight excluding hydrogens is 194 g/mol. The Bertz CT molecular complexity index is 160. The fourth-order valence-electron chi connectivity index (χ4n) is 2.18. The van der Waals surface area contributed by atoms with E-state index in [1.807, 2.05) is 0 Å². The van der Waals surface area contributed by atoms with Crippen molar-refractivity contribution >= 4 is 0 Å². The van der Waals surface area contributed by atoms with Gasteiger partial charge in [-0.2, -0.15) is 0 Å². The van der Waals surface area contributed by atoms with Crippen LogP contribution in [0.15, 0.2) is 0 Å². The summed E-state index contributed by atoms with van der Waals surface area (Å²) in [5.74, 6) is 0. The van der Waals surface area contributed by atoms with Gasteiger partial charge < -0.3 is 20.3 Å². The van der Waals surface area contributed by atoms with Gasteiger partial charge in [0.1, 0.15) is 0 Å². The second-order valence-electron chi connectivity index (χ2n) is 4.29. The molecule has 3 N–H and O–H groups in total. The summed E-state index contributed by atoms with van der Waals surface area (Å²) in [7, 11) is 1.66. The third kappa shape index (κ3) is 4.47. The summed E-state index contributed by atoms with van der Waals surface area (Å²) < 4.78 is 5.08. The molecule has 0 bridgehead atoms. The molecule has 1 fully saturated rings. The Balaban J connectivity index is 2.33. The van der Waals surface area contributed by atoms with E-state index in [9.17, 15) is 5.11 Å². The van der Waals surface area contributed by atoms with Gasteiger partial charge >= 0.3 is 0 Å². The Morgan fingerprint density at radius 1 is 1.40 bits per heavy atom. The fourth-order valence-corrected chi connectivity index (χ4v) is 2.18. The highest BCUT2D eigenvalue weighted by Crippen LogP contribution is 2.19. The van der Waals surface area contributed by atoms with E-state index in [-0.39, 0.29) is 24.8 Å². The topological polar surface area (TPSA) is 61.7 Å². The summed E-state index contributed by atoms with van der Waals surface area (Å²) >= 11 is 0.